The maximum absolute atomic E-state index is 13.6. The zero-order valence-corrected chi connectivity index (χ0v) is 27.1. The van der Waals surface area contributed by atoms with Crippen LogP contribution in [0.5, 0.6) is 5.75 Å². The van der Waals surface area contributed by atoms with E-state index in [-0.39, 0.29) is 24.6 Å². The van der Waals surface area contributed by atoms with Gasteiger partial charge in [-0.05, 0) is 29.8 Å². The number of nitrogens with one attached hydrogen (secondary N) is 1. The summed E-state index contributed by atoms with van der Waals surface area (Å²) in [6.45, 7) is 0.625. The number of benzene rings is 3. The van der Waals surface area contributed by atoms with Gasteiger partial charge in [-0.3, -0.25) is 4.57 Å². The van der Waals surface area contributed by atoms with E-state index in [1.807, 2.05) is 37.2 Å². The van der Waals surface area contributed by atoms with E-state index in [9.17, 15) is 37.3 Å². The van der Waals surface area contributed by atoms with Crippen LogP contribution >= 0.6 is 15.2 Å². The molecule has 0 saturated carbocycles. The molecule has 3 rings (SSSR count). The van der Waals surface area contributed by atoms with Crippen LogP contribution in [0, 0.1) is 0 Å². The molecule has 0 spiro atoms. The second-order valence-corrected chi connectivity index (χ2v) is 16.7. The van der Waals surface area contributed by atoms with E-state index in [4.69, 9.17) is 9.63 Å². The molecule has 0 fully saturated rings. The molecular formula is C27H39N3O10P2S. The fraction of sp³-hybridized carbons (Fsp3) is 0.407. The Labute approximate surface area is 251 Å². The van der Waals surface area contributed by atoms with Crippen molar-refractivity contribution in [3.05, 3.63) is 66.2 Å². The quantitative estimate of drug-likeness (QED) is 0.114. The van der Waals surface area contributed by atoms with Crippen LogP contribution in [0.2, 0.25) is 0 Å². The zero-order valence-electron chi connectivity index (χ0n) is 24.5. The number of nitrogens with zero attached hydrogens (tertiary/aromatic N) is 2. The Bertz CT molecular complexity index is 1600. The summed E-state index contributed by atoms with van der Waals surface area (Å²) in [4.78, 5) is 41.8. The molecule has 3 atom stereocenters. The van der Waals surface area contributed by atoms with Gasteiger partial charge in [-0.15, -0.1) is 0 Å². The summed E-state index contributed by atoms with van der Waals surface area (Å²) in [5, 5.41) is 7.89. The molecule has 238 valence electrons. The molecular weight excluding hydrogens is 620 g/mol. The molecule has 3 aromatic carbocycles. The van der Waals surface area contributed by atoms with Crippen molar-refractivity contribution in [1.82, 2.24) is 4.31 Å². The normalized spacial score (nSPS) is 16.0. The van der Waals surface area contributed by atoms with Crippen LogP contribution in [0.3, 0.4) is 0 Å². The lowest BCUT2D eigenvalue weighted by Crippen LogP contribution is -3.09. The lowest BCUT2D eigenvalue weighted by atomic mass is 10.1. The number of sulfonamides is 1. The van der Waals surface area contributed by atoms with E-state index in [1.165, 1.54) is 11.4 Å². The first-order valence-corrected chi connectivity index (χ1v) is 18.0. The molecule has 0 aliphatic carbocycles. The Morgan fingerprint density at radius 1 is 0.953 bits per heavy atom. The van der Waals surface area contributed by atoms with E-state index in [0.29, 0.717) is 34.6 Å². The van der Waals surface area contributed by atoms with Crippen molar-refractivity contribution in [2.45, 2.75) is 29.4 Å². The number of quaternary nitrogens is 1. The molecule has 0 saturated heterocycles. The summed E-state index contributed by atoms with van der Waals surface area (Å²) in [7, 11) is -8.15. The van der Waals surface area contributed by atoms with E-state index in [0.717, 1.165) is 11.1 Å². The van der Waals surface area contributed by atoms with Crippen molar-refractivity contribution >= 4 is 41.7 Å². The molecule has 5 N–H and O–H groups in total. The molecule has 0 amide bonds. The highest BCUT2D eigenvalue weighted by molar-refractivity contribution is 7.89. The second kappa shape index (κ2) is 13.7. The molecule has 3 aromatic rings. The zero-order chi connectivity index (χ0) is 32.2. The van der Waals surface area contributed by atoms with Gasteiger partial charge in [0.1, 0.15) is 5.75 Å². The van der Waals surface area contributed by atoms with E-state index in [2.05, 4.69) is 0 Å². The predicted molar refractivity (Wildman–Crippen MR) is 162 cm³/mol. The Morgan fingerprint density at radius 3 is 2.21 bits per heavy atom. The van der Waals surface area contributed by atoms with Gasteiger partial charge in [-0.1, -0.05) is 36.4 Å². The van der Waals surface area contributed by atoms with Gasteiger partial charge < -0.3 is 43.8 Å². The number of hydrogen-bond acceptors (Lipinski definition) is 8. The van der Waals surface area contributed by atoms with Crippen LogP contribution in [0.15, 0.2) is 65.6 Å². The van der Waals surface area contributed by atoms with Crippen LogP contribution in [0.25, 0.3) is 10.8 Å². The first kappa shape index (κ1) is 35.1. The van der Waals surface area contributed by atoms with Gasteiger partial charge in [0.15, 0.2) is 7.60 Å². The van der Waals surface area contributed by atoms with Crippen molar-refractivity contribution in [2.24, 2.45) is 0 Å². The average molecular weight is 660 g/mol. The standard InChI is InChI=1S/C27H39N3O10P2S/c1-28(2)25-13-6-12-24-23(25)11-7-14-26(24)43(38,39)30(4)20-21-9-5-10-22(19-21)40-18-8-16-29(3)17-15-27(31,41(32,33)34)42(35,36)37/h5-7,9-14,19,31H,8,15-18,20H2,1-4H3,(H2,32,33,34)(H2,35,36,37). The first-order valence-electron chi connectivity index (χ1n) is 13.4. The van der Waals surface area contributed by atoms with Crippen LogP contribution in [-0.4, -0.2) is 85.5 Å². The van der Waals surface area contributed by atoms with Crippen molar-refractivity contribution in [2.75, 3.05) is 52.8 Å². The van der Waals surface area contributed by atoms with Crippen molar-refractivity contribution in [1.29, 1.82) is 0 Å². The van der Waals surface area contributed by atoms with Crippen molar-refractivity contribution in [3.63, 3.8) is 0 Å². The molecule has 0 heterocycles. The number of ether oxygens (including phenoxy) is 1. The monoisotopic (exact) mass is 659 g/mol. The third-order valence-electron chi connectivity index (χ3n) is 7.16. The third kappa shape index (κ3) is 8.23. The summed E-state index contributed by atoms with van der Waals surface area (Å²) >= 11 is 0. The molecule has 16 heteroatoms. The fourth-order valence-electron chi connectivity index (χ4n) is 4.64. The van der Waals surface area contributed by atoms with Gasteiger partial charge in [-0.25, -0.2) is 8.42 Å². The molecule has 0 aliphatic rings. The van der Waals surface area contributed by atoms with Crippen LogP contribution in [-0.2, 0) is 25.7 Å². The lowest BCUT2D eigenvalue weighted by Gasteiger charge is -2.36. The van der Waals surface area contributed by atoms with Gasteiger partial charge >= 0.3 is 7.60 Å². The highest BCUT2D eigenvalue weighted by Crippen LogP contribution is 2.66. The van der Waals surface area contributed by atoms with Crippen LogP contribution in [0.4, 0.5) is 5.69 Å². The largest absolute Gasteiger partial charge is 0.776 e. The van der Waals surface area contributed by atoms with E-state index >= 15 is 0 Å². The fourth-order valence-corrected chi connectivity index (χ4v) is 8.12. The molecule has 0 aliphatic heterocycles. The highest BCUT2D eigenvalue weighted by atomic mass is 32.2. The predicted octanol–water partition coefficient (Wildman–Crippen LogP) is 0.770. The van der Waals surface area contributed by atoms with Gasteiger partial charge in [0.25, 0.3) is 0 Å². The maximum atomic E-state index is 13.6. The summed E-state index contributed by atoms with van der Waals surface area (Å²) < 4.78 is 57.2. The number of fused-ring (bicyclic) bond motifs is 1. The van der Waals surface area contributed by atoms with Crippen LogP contribution < -0.4 is 19.4 Å². The third-order valence-corrected chi connectivity index (χ3v) is 12.8. The van der Waals surface area contributed by atoms with Crippen LogP contribution in [0.1, 0.15) is 18.4 Å². The summed E-state index contributed by atoms with van der Waals surface area (Å²) in [5.74, 6) is 0.519. The average Bonchev–Trinajstić information content (AvgIpc) is 2.92. The van der Waals surface area contributed by atoms with Gasteiger partial charge in [-0.2, -0.15) is 4.31 Å². The Morgan fingerprint density at radius 2 is 1.58 bits per heavy atom. The maximum Gasteiger partial charge on any atom is 0.365 e. The summed E-state index contributed by atoms with van der Waals surface area (Å²) in [6, 6.07) is 17.8. The van der Waals surface area contributed by atoms with Gasteiger partial charge in [0.2, 0.25) is 15.1 Å². The summed E-state index contributed by atoms with van der Waals surface area (Å²) in [6.07, 6.45) is -0.377. The lowest BCUT2D eigenvalue weighted by molar-refractivity contribution is -0.880. The number of rotatable bonds is 15. The Hall–Kier alpha value is -2.35. The minimum Gasteiger partial charge on any atom is -0.776 e. The first-order chi connectivity index (χ1) is 19.9. The molecule has 0 radical (unpaired) electrons. The summed E-state index contributed by atoms with van der Waals surface area (Å²) in [5.41, 5.74) is 1.62. The van der Waals surface area contributed by atoms with Crippen molar-refractivity contribution in [3.8, 4) is 5.75 Å². The van der Waals surface area contributed by atoms with E-state index < -0.39 is 36.7 Å². The second-order valence-electron chi connectivity index (χ2n) is 10.7. The highest BCUT2D eigenvalue weighted by Gasteiger charge is 2.53. The Kier molecular flexibility index (Phi) is 11.2. The topological polar surface area (TPSA) is 192 Å². The minimum absolute atomic E-state index is 0.104. The number of aliphatic hydroxyl groups is 1. The molecule has 43 heavy (non-hydrogen) atoms. The number of anilines is 1. The van der Waals surface area contributed by atoms with Gasteiger partial charge in [0.05, 0.1) is 31.6 Å². The molecule has 0 bridgehead atoms. The van der Waals surface area contributed by atoms with Crippen molar-refractivity contribution < 1.29 is 51.9 Å². The molecule has 3 unspecified atom stereocenters. The molecule has 13 nitrogen and oxygen atoms in total. The minimum atomic E-state index is -5.74. The SMILES string of the molecule is CN(C)c1cccc2c(S(=O)(=O)N(C)Cc3cccc(OCCC[NH+](C)CCC(O)(P(=O)([O-])O)P(=O)(O)O)c3)cccc12. The smallest absolute Gasteiger partial charge is 0.365 e. The number of hydrogen-bond donors (Lipinski definition) is 5. The Balaban J connectivity index is 1.59. The van der Waals surface area contributed by atoms with Gasteiger partial charge in [0, 0.05) is 57.0 Å². The van der Waals surface area contributed by atoms with E-state index in [1.54, 1.807) is 49.5 Å². The molecule has 0 aromatic heterocycles.